The van der Waals surface area contributed by atoms with Crippen molar-refractivity contribution >= 4 is 17.5 Å². The molecule has 0 aromatic heterocycles. The van der Waals surface area contributed by atoms with Crippen molar-refractivity contribution in [1.29, 1.82) is 0 Å². The molecule has 4 aliphatic rings. The monoisotopic (exact) mass is 388 g/mol. The maximum absolute atomic E-state index is 12.5. The molecule has 4 aliphatic carbocycles. The van der Waals surface area contributed by atoms with Gasteiger partial charge in [0.05, 0.1) is 12.2 Å². The molecular weight excluding hydrogens is 356 g/mol. The molecule has 5 nitrogen and oxygen atoms in total. The molecule has 4 rings (SSSR count). The normalized spacial score (nSPS) is 44.8. The number of hydrogen-bond acceptors (Lipinski definition) is 5. The molecule has 3 fully saturated rings. The van der Waals surface area contributed by atoms with Gasteiger partial charge in [-0.15, -0.1) is 0 Å². The fraction of sp³-hybridized carbons (Fsp3) is 0.783. The van der Waals surface area contributed by atoms with Crippen molar-refractivity contribution in [1.82, 2.24) is 0 Å². The smallest absolute Gasteiger partial charge is 0.302 e. The van der Waals surface area contributed by atoms with Gasteiger partial charge in [-0.2, -0.15) is 0 Å². The molecule has 154 valence electrons. The van der Waals surface area contributed by atoms with Crippen LogP contribution in [0.3, 0.4) is 0 Å². The molecule has 28 heavy (non-hydrogen) atoms. The number of carbonyl (C=O) groups excluding carboxylic acids is 3. The summed E-state index contributed by atoms with van der Waals surface area (Å²) in [7, 11) is 0. The molecule has 6 atom stereocenters. The standard InChI is InChI=1S/C23H32O5/c1-14(24)18-6-7-19-20-5-4-16-12-17(26)8-9-21(16,3)23(20,27)11-10-22(18,19)13-28-15(2)25/h12,18-20,27H,4-11,13H2,1-3H3. The zero-order chi connectivity index (χ0) is 20.3. The molecule has 0 bridgehead atoms. The summed E-state index contributed by atoms with van der Waals surface area (Å²) < 4.78 is 5.50. The fourth-order valence-corrected chi connectivity index (χ4v) is 7.44. The Kier molecular flexibility index (Phi) is 4.61. The van der Waals surface area contributed by atoms with Crippen molar-refractivity contribution in [3.05, 3.63) is 11.6 Å². The van der Waals surface area contributed by atoms with Gasteiger partial charge in [0.2, 0.25) is 0 Å². The lowest BCUT2D eigenvalue weighted by atomic mass is 9.44. The number of ether oxygens (including phenoxy) is 1. The fourth-order valence-electron chi connectivity index (χ4n) is 7.44. The highest BCUT2D eigenvalue weighted by Crippen LogP contribution is 2.68. The van der Waals surface area contributed by atoms with E-state index in [0.717, 1.165) is 31.3 Å². The van der Waals surface area contributed by atoms with E-state index in [-0.39, 0.29) is 52.7 Å². The Hall–Kier alpha value is -1.49. The number of Topliss-reactive ketones (excluding diaryl/α,β-unsaturated/α-hetero) is 1. The summed E-state index contributed by atoms with van der Waals surface area (Å²) in [6, 6.07) is 0. The van der Waals surface area contributed by atoms with Gasteiger partial charge in [-0.05, 0) is 69.8 Å². The second-order valence-corrected chi connectivity index (χ2v) is 9.90. The first-order valence-corrected chi connectivity index (χ1v) is 10.7. The van der Waals surface area contributed by atoms with E-state index in [1.54, 1.807) is 13.0 Å². The first-order chi connectivity index (χ1) is 13.1. The van der Waals surface area contributed by atoms with Crippen LogP contribution in [0.1, 0.15) is 72.1 Å². The van der Waals surface area contributed by atoms with Crippen LogP contribution in [0, 0.1) is 28.6 Å². The summed E-state index contributed by atoms with van der Waals surface area (Å²) in [4.78, 5) is 36.0. The quantitative estimate of drug-likeness (QED) is 0.750. The van der Waals surface area contributed by atoms with Gasteiger partial charge in [0.15, 0.2) is 5.78 Å². The minimum atomic E-state index is -0.853. The van der Waals surface area contributed by atoms with Gasteiger partial charge in [-0.3, -0.25) is 14.4 Å². The molecule has 0 amide bonds. The predicted octanol–water partition coefficient (Wildman–Crippen LogP) is 3.38. The average Bonchev–Trinajstić information content (AvgIpc) is 3.01. The first-order valence-electron chi connectivity index (χ1n) is 10.7. The third-order valence-corrected chi connectivity index (χ3v) is 8.90. The number of rotatable bonds is 3. The minimum absolute atomic E-state index is 0.0801. The molecule has 0 radical (unpaired) electrons. The number of carbonyl (C=O) groups is 3. The van der Waals surface area contributed by atoms with Gasteiger partial charge >= 0.3 is 5.97 Å². The largest absolute Gasteiger partial charge is 0.465 e. The minimum Gasteiger partial charge on any atom is -0.465 e. The van der Waals surface area contributed by atoms with Crippen LogP contribution >= 0.6 is 0 Å². The van der Waals surface area contributed by atoms with Crippen molar-refractivity contribution in [2.24, 2.45) is 28.6 Å². The third-order valence-electron chi connectivity index (χ3n) is 8.90. The van der Waals surface area contributed by atoms with E-state index in [2.05, 4.69) is 6.92 Å². The summed E-state index contributed by atoms with van der Waals surface area (Å²) in [6.45, 7) is 5.48. The number of fused-ring (bicyclic) bond motifs is 5. The Morgan fingerprint density at radius 2 is 1.86 bits per heavy atom. The van der Waals surface area contributed by atoms with Gasteiger partial charge in [0.25, 0.3) is 0 Å². The summed E-state index contributed by atoms with van der Waals surface area (Å²) in [5, 5.41) is 12.1. The van der Waals surface area contributed by atoms with Gasteiger partial charge < -0.3 is 9.84 Å². The molecular formula is C23H32O5. The highest BCUT2D eigenvalue weighted by Gasteiger charge is 2.67. The van der Waals surface area contributed by atoms with Crippen molar-refractivity contribution in [2.45, 2.75) is 77.7 Å². The number of esters is 1. The molecule has 0 saturated heterocycles. The van der Waals surface area contributed by atoms with Crippen LogP contribution in [0.15, 0.2) is 11.6 Å². The first kappa shape index (κ1) is 19.8. The van der Waals surface area contributed by atoms with Crippen LogP contribution < -0.4 is 0 Å². The Balaban J connectivity index is 1.73. The summed E-state index contributed by atoms with van der Waals surface area (Å²) in [5.41, 5.74) is -0.466. The predicted molar refractivity (Wildman–Crippen MR) is 103 cm³/mol. The van der Waals surface area contributed by atoms with E-state index < -0.39 is 5.60 Å². The Morgan fingerprint density at radius 1 is 1.11 bits per heavy atom. The molecule has 0 aromatic carbocycles. The van der Waals surface area contributed by atoms with Crippen molar-refractivity contribution in [2.75, 3.05) is 6.61 Å². The molecule has 1 N–H and O–H groups in total. The SMILES string of the molecule is CC(=O)OCC12CCC3(O)C(CCC4=CC(=O)CCC43C)C1CCC2C(C)=O. The number of hydrogen-bond donors (Lipinski definition) is 1. The van der Waals surface area contributed by atoms with E-state index in [1.165, 1.54) is 6.92 Å². The Morgan fingerprint density at radius 3 is 2.54 bits per heavy atom. The van der Waals surface area contributed by atoms with Crippen molar-refractivity contribution in [3.63, 3.8) is 0 Å². The van der Waals surface area contributed by atoms with Gasteiger partial charge in [-0.25, -0.2) is 0 Å². The van der Waals surface area contributed by atoms with E-state index >= 15 is 0 Å². The van der Waals surface area contributed by atoms with Crippen LogP contribution in [0.25, 0.3) is 0 Å². The molecule has 5 heteroatoms. The maximum Gasteiger partial charge on any atom is 0.302 e. The lowest BCUT2D eigenvalue weighted by Gasteiger charge is -2.63. The second kappa shape index (κ2) is 6.51. The Bertz CT molecular complexity index is 754. The number of aliphatic hydroxyl groups is 1. The maximum atomic E-state index is 12.5. The molecule has 0 spiro atoms. The van der Waals surface area contributed by atoms with E-state index in [4.69, 9.17) is 4.74 Å². The second-order valence-electron chi connectivity index (χ2n) is 9.90. The molecule has 6 unspecified atom stereocenters. The number of ketones is 2. The van der Waals surface area contributed by atoms with Crippen LogP contribution in [0.2, 0.25) is 0 Å². The third kappa shape index (κ3) is 2.58. The van der Waals surface area contributed by atoms with Crippen LogP contribution in [-0.2, 0) is 19.1 Å². The van der Waals surface area contributed by atoms with Gasteiger partial charge in [-0.1, -0.05) is 12.5 Å². The van der Waals surface area contributed by atoms with Gasteiger partial charge in [0, 0.05) is 30.1 Å². The zero-order valence-corrected chi connectivity index (χ0v) is 17.3. The molecule has 0 heterocycles. The van der Waals surface area contributed by atoms with Crippen molar-refractivity contribution < 1.29 is 24.2 Å². The average molecular weight is 389 g/mol. The summed E-state index contributed by atoms with van der Waals surface area (Å²) in [6.07, 6.45) is 7.64. The topological polar surface area (TPSA) is 80.7 Å². The molecule has 0 aliphatic heterocycles. The summed E-state index contributed by atoms with van der Waals surface area (Å²) >= 11 is 0. The lowest BCUT2D eigenvalue weighted by Crippen LogP contribution is -2.64. The van der Waals surface area contributed by atoms with E-state index in [1.807, 2.05) is 0 Å². The molecule has 3 saturated carbocycles. The lowest BCUT2D eigenvalue weighted by molar-refractivity contribution is -0.204. The highest BCUT2D eigenvalue weighted by atomic mass is 16.5. The summed E-state index contributed by atoms with van der Waals surface area (Å²) in [5.74, 6) is 0.193. The highest BCUT2D eigenvalue weighted by molar-refractivity contribution is 5.91. The van der Waals surface area contributed by atoms with Crippen LogP contribution in [0.4, 0.5) is 0 Å². The van der Waals surface area contributed by atoms with E-state index in [0.29, 0.717) is 25.7 Å². The van der Waals surface area contributed by atoms with E-state index in [9.17, 15) is 19.5 Å². The van der Waals surface area contributed by atoms with Gasteiger partial charge in [0.1, 0.15) is 5.78 Å². The van der Waals surface area contributed by atoms with Crippen molar-refractivity contribution in [3.8, 4) is 0 Å². The molecule has 0 aromatic rings. The Labute approximate surface area is 166 Å². The van der Waals surface area contributed by atoms with Crippen LogP contribution in [-0.4, -0.2) is 34.9 Å². The zero-order valence-electron chi connectivity index (χ0n) is 17.3. The van der Waals surface area contributed by atoms with Crippen LogP contribution in [0.5, 0.6) is 0 Å².